The summed E-state index contributed by atoms with van der Waals surface area (Å²) in [6.45, 7) is 2.99. The van der Waals surface area contributed by atoms with E-state index in [-0.39, 0.29) is 0 Å². The Morgan fingerprint density at radius 1 is 1.14 bits per heavy atom. The van der Waals surface area contributed by atoms with E-state index in [1.165, 1.54) is 5.69 Å². The number of aromatic nitrogens is 3. The van der Waals surface area contributed by atoms with Crippen molar-refractivity contribution in [1.82, 2.24) is 25.4 Å². The molecule has 0 bridgehead atoms. The molecule has 1 aromatic carbocycles. The van der Waals surface area contributed by atoms with Crippen LogP contribution in [0.25, 0.3) is 0 Å². The van der Waals surface area contributed by atoms with Crippen molar-refractivity contribution in [1.29, 1.82) is 0 Å². The van der Waals surface area contributed by atoms with Crippen LogP contribution >= 0.6 is 0 Å². The Balaban J connectivity index is 1.47. The van der Waals surface area contributed by atoms with Crippen LogP contribution in [0.4, 0.5) is 5.69 Å². The smallest absolute Gasteiger partial charge is 0.191 e. The molecule has 29 heavy (non-hydrogen) atoms. The fraction of sp³-hybridized carbons (Fsp3) is 0.381. The Kier molecular flexibility index (Phi) is 7.68. The molecule has 3 rings (SSSR count). The standard InChI is InChI=1S/C21H29N7O/c1-27(18-8-4-3-5-9-18)14-7-12-22-21(23-13-11-19-10-6-15-29-19)24-16-20-25-17-26-28(20)2/h3-6,8-10,15,17H,7,11-14,16H2,1-2H3,(H2,22,23,24). The number of nitrogens with one attached hydrogen (secondary N) is 2. The topological polar surface area (TPSA) is 83.5 Å². The maximum Gasteiger partial charge on any atom is 0.191 e. The number of furan rings is 1. The molecule has 0 saturated heterocycles. The van der Waals surface area contributed by atoms with Crippen LogP contribution in [0.3, 0.4) is 0 Å². The second kappa shape index (κ2) is 10.9. The molecule has 8 heteroatoms. The zero-order chi connectivity index (χ0) is 20.3. The first-order valence-electron chi connectivity index (χ1n) is 9.86. The van der Waals surface area contributed by atoms with Gasteiger partial charge < -0.3 is 20.0 Å². The average Bonchev–Trinajstić information content (AvgIpc) is 3.41. The summed E-state index contributed by atoms with van der Waals surface area (Å²) >= 11 is 0. The number of para-hydroxylation sites is 1. The van der Waals surface area contributed by atoms with E-state index in [4.69, 9.17) is 4.42 Å². The number of rotatable bonds is 10. The Labute approximate surface area is 171 Å². The van der Waals surface area contributed by atoms with Crippen molar-refractivity contribution in [2.75, 3.05) is 31.6 Å². The summed E-state index contributed by atoms with van der Waals surface area (Å²) < 4.78 is 7.12. The van der Waals surface area contributed by atoms with Gasteiger partial charge in [0.2, 0.25) is 0 Å². The Morgan fingerprint density at radius 2 is 1.97 bits per heavy atom. The van der Waals surface area contributed by atoms with Crippen molar-refractivity contribution < 1.29 is 4.42 Å². The first kappa shape index (κ1) is 20.4. The predicted octanol–water partition coefficient (Wildman–Crippen LogP) is 2.21. The number of anilines is 1. The maximum absolute atomic E-state index is 5.39. The molecule has 0 saturated carbocycles. The first-order valence-corrected chi connectivity index (χ1v) is 9.86. The van der Waals surface area contributed by atoms with Gasteiger partial charge in [0.25, 0.3) is 0 Å². The van der Waals surface area contributed by atoms with E-state index in [0.717, 1.165) is 50.0 Å². The summed E-state index contributed by atoms with van der Waals surface area (Å²) in [5.41, 5.74) is 1.22. The normalized spacial score (nSPS) is 11.4. The highest BCUT2D eigenvalue weighted by molar-refractivity contribution is 5.79. The first-order chi connectivity index (χ1) is 14.2. The molecule has 0 spiro atoms. The molecular weight excluding hydrogens is 366 g/mol. The fourth-order valence-corrected chi connectivity index (χ4v) is 2.88. The predicted molar refractivity (Wildman–Crippen MR) is 115 cm³/mol. The van der Waals surface area contributed by atoms with Crippen molar-refractivity contribution in [3.05, 3.63) is 66.6 Å². The molecule has 3 aromatic rings. The lowest BCUT2D eigenvalue weighted by Crippen LogP contribution is -2.39. The minimum absolute atomic E-state index is 0.469. The van der Waals surface area contributed by atoms with Crippen LogP contribution in [0, 0.1) is 0 Å². The van der Waals surface area contributed by atoms with Gasteiger partial charge in [0, 0.05) is 45.8 Å². The van der Waals surface area contributed by atoms with Gasteiger partial charge in [-0.2, -0.15) is 5.10 Å². The van der Waals surface area contributed by atoms with Crippen LogP contribution in [0.15, 0.2) is 64.5 Å². The largest absolute Gasteiger partial charge is 0.469 e. The third kappa shape index (κ3) is 6.67. The molecule has 0 unspecified atom stereocenters. The Morgan fingerprint density at radius 3 is 2.69 bits per heavy atom. The molecule has 8 nitrogen and oxygen atoms in total. The molecule has 0 amide bonds. The summed E-state index contributed by atoms with van der Waals surface area (Å²) in [6.07, 6.45) is 5.03. The van der Waals surface area contributed by atoms with Crippen LogP contribution in [-0.4, -0.2) is 47.4 Å². The van der Waals surface area contributed by atoms with Crippen LogP contribution in [0.1, 0.15) is 18.0 Å². The molecule has 0 aliphatic heterocycles. The molecular formula is C21H29N7O. The molecule has 2 N–H and O–H groups in total. The van der Waals surface area contributed by atoms with Crippen LogP contribution in [-0.2, 0) is 20.0 Å². The fourth-order valence-electron chi connectivity index (χ4n) is 2.88. The molecule has 0 aliphatic carbocycles. The minimum atomic E-state index is 0.469. The number of aryl methyl sites for hydroxylation is 1. The summed E-state index contributed by atoms with van der Waals surface area (Å²) in [6, 6.07) is 14.3. The summed E-state index contributed by atoms with van der Waals surface area (Å²) in [5, 5.41) is 10.9. The van der Waals surface area contributed by atoms with Crippen LogP contribution in [0.5, 0.6) is 0 Å². The van der Waals surface area contributed by atoms with Crippen molar-refractivity contribution in [2.24, 2.45) is 12.0 Å². The van der Waals surface area contributed by atoms with Gasteiger partial charge in [0.15, 0.2) is 5.96 Å². The molecule has 0 fully saturated rings. The third-order valence-electron chi connectivity index (χ3n) is 4.59. The zero-order valence-corrected chi connectivity index (χ0v) is 17.1. The van der Waals surface area contributed by atoms with Gasteiger partial charge in [-0.1, -0.05) is 18.2 Å². The van der Waals surface area contributed by atoms with Gasteiger partial charge in [0.05, 0.1) is 6.26 Å². The van der Waals surface area contributed by atoms with Crippen molar-refractivity contribution in [3.63, 3.8) is 0 Å². The number of hydrogen-bond acceptors (Lipinski definition) is 5. The van der Waals surface area contributed by atoms with E-state index in [1.807, 2.05) is 25.2 Å². The molecule has 154 valence electrons. The van der Waals surface area contributed by atoms with E-state index in [0.29, 0.717) is 6.54 Å². The van der Waals surface area contributed by atoms with Crippen molar-refractivity contribution in [2.45, 2.75) is 19.4 Å². The van der Waals surface area contributed by atoms with E-state index in [9.17, 15) is 0 Å². The second-order valence-corrected chi connectivity index (χ2v) is 6.76. The average molecular weight is 396 g/mol. The van der Waals surface area contributed by atoms with E-state index >= 15 is 0 Å². The van der Waals surface area contributed by atoms with Crippen molar-refractivity contribution in [3.8, 4) is 0 Å². The van der Waals surface area contributed by atoms with E-state index < -0.39 is 0 Å². The third-order valence-corrected chi connectivity index (χ3v) is 4.59. The van der Waals surface area contributed by atoms with Gasteiger partial charge in [-0.25, -0.2) is 9.98 Å². The highest BCUT2D eigenvalue weighted by Gasteiger charge is 2.04. The second-order valence-electron chi connectivity index (χ2n) is 6.76. The monoisotopic (exact) mass is 395 g/mol. The number of benzene rings is 1. The van der Waals surface area contributed by atoms with Gasteiger partial charge in [-0.05, 0) is 30.7 Å². The van der Waals surface area contributed by atoms with Crippen molar-refractivity contribution >= 4 is 11.6 Å². The number of nitrogens with zero attached hydrogens (tertiary/aromatic N) is 5. The van der Waals surface area contributed by atoms with Gasteiger partial charge in [0.1, 0.15) is 24.5 Å². The molecule has 0 atom stereocenters. The highest BCUT2D eigenvalue weighted by atomic mass is 16.3. The number of hydrogen-bond donors (Lipinski definition) is 2. The Bertz CT molecular complexity index is 858. The SMILES string of the molecule is CN(CCCNC(=NCc1ncnn1C)NCCc1ccco1)c1ccccc1. The highest BCUT2D eigenvalue weighted by Crippen LogP contribution is 2.10. The quantitative estimate of drug-likeness (QED) is 0.311. The molecule has 0 aliphatic rings. The molecule has 0 radical (unpaired) electrons. The summed E-state index contributed by atoms with van der Waals surface area (Å²) in [4.78, 5) is 11.1. The molecule has 2 heterocycles. The zero-order valence-electron chi connectivity index (χ0n) is 17.1. The lowest BCUT2D eigenvalue weighted by Gasteiger charge is -2.19. The lowest BCUT2D eigenvalue weighted by atomic mass is 10.3. The lowest BCUT2D eigenvalue weighted by molar-refractivity contribution is 0.506. The molecule has 2 aromatic heterocycles. The van der Waals surface area contributed by atoms with Crippen LogP contribution < -0.4 is 15.5 Å². The Hall–Kier alpha value is -3.29. The summed E-state index contributed by atoms with van der Waals surface area (Å²) in [5.74, 6) is 2.54. The van der Waals surface area contributed by atoms with Gasteiger partial charge in [-0.3, -0.25) is 4.68 Å². The van der Waals surface area contributed by atoms with Crippen LogP contribution in [0.2, 0.25) is 0 Å². The minimum Gasteiger partial charge on any atom is -0.469 e. The number of guanidine groups is 1. The number of aliphatic imine (C=N–C) groups is 1. The van der Waals surface area contributed by atoms with E-state index in [1.54, 1.807) is 17.3 Å². The van der Waals surface area contributed by atoms with Gasteiger partial charge in [-0.15, -0.1) is 0 Å². The summed E-state index contributed by atoms with van der Waals surface area (Å²) in [7, 11) is 3.98. The van der Waals surface area contributed by atoms with E-state index in [2.05, 4.69) is 61.9 Å². The van der Waals surface area contributed by atoms with Gasteiger partial charge >= 0.3 is 0 Å². The maximum atomic E-state index is 5.39.